The van der Waals surface area contributed by atoms with E-state index >= 15 is 0 Å². The molecule has 1 aromatic rings. The summed E-state index contributed by atoms with van der Waals surface area (Å²) in [5.41, 5.74) is 0. The smallest absolute Gasteiger partial charge is 0.402 e. The Kier molecular flexibility index (Phi) is 5.19. The van der Waals surface area contributed by atoms with Crippen molar-refractivity contribution in [3.63, 3.8) is 0 Å². The third-order valence-electron chi connectivity index (χ3n) is 0.824. The standard InChI is InChI=1S/C6H4F2.BH3O3/c7-5-3-1-2-4-6(5)8;2-1(3)4/h1-4H;2-4H. The van der Waals surface area contributed by atoms with Gasteiger partial charge in [0.15, 0.2) is 11.6 Å². The zero-order valence-corrected chi connectivity index (χ0v) is 5.98. The molecule has 0 saturated heterocycles. The van der Waals surface area contributed by atoms with Crippen LogP contribution in [0.3, 0.4) is 0 Å². The molecule has 0 spiro atoms. The Morgan fingerprint density at radius 3 is 1.33 bits per heavy atom. The lowest BCUT2D eigenvalue weighted by Crippen LogP contribution is -2.07. The molecule has 0 unspecified atom stereocenters. The third kappa shape index (κ3) is 5.78. The zero-order chi connectivity index (χ0) is 9.56. The number of halogens is 2. The van der Waals surface area contributed by atoms with Gasteiger partial charge in [-0.2, -0.15) is 0 Å². The summed E-state index contributed by atoms with van der Waals surface area (Å²) in [6.45, 7) is 0. The average molecular weight is 176 g/mol. The number of benzene rings is 1. The van der Waals surface area contributed by atoms with Crippen LogP contribution in [0.15, 0.2) is 24.3 Å². The predicted octanol–water partition coefficient (Wildman–Crippen LogP) is -0.0870. The van der Waals surface area contributed by atoms with Gasteiger partial charge >= 0.3 is 7.32 Å². The summed E-state index contributed by atoms with van der Waals surface area (Å²) in [5, 5.41) is 21.5. The van der Waals surface area contributed by atoms with Crippen LogP contribution in [-0.4, -0.2) is 22.4 Å². The maximum atomic E-state index is 11.9. The van der Waals surface area contributed by atoms with E-state index in [0.29, 0.717) is 0 Å². The van der Waals surface area contributed by atoms with Crippen LogP contribution in [0.2, 0.25) is 0 Å². The highest BCUT2D eigenvalue weighted by molar-refractivity contribution is 6.30. The van der Waals surface area contributed by atoms with Crippen molar-refractivity contribution < 1.29 is 23.9 Å². The van der Waals surface area contributed by atoms with Crippen molar-refractivity contribution >= 4 is 7.32 Å². The first-order chi connectivity index (χ1) is 5.54. The molecule has 12 heavy (non-hydrogen) atoms. The van der Waals surface area contributed by atoms with E-state index in [1.54, 1.807) is 0 Å². The average Bonchev–Trinajstić information content (AvgIpc) is 1.94. The zero-order valence-electron chi connectivity index (χ0n) is 5.98. The SMILES string of the molecule is Fc1ccccc1F.OB(O)O. The maximum Gasteiger partial charge on any atom is 0.631 e. The second-order valence-corrected chi connectivity index (χ2v) is 1.76. The number of rotatable bonds is 0. The van der Waals surface area contributed by atoms with Crippen LogP contribution in [0.1, 0.15) is 0 Å². The normalized spacial score (nSPS) is 8.42. The van der Waals surface area contributed by atoms with Crippen molar-refractivity contribution in [1.29, 1.82) is 0 Å². The molecular formula is C6H7BF2O3. The lowest BCUT2D eigenvalue weighted by atomic mass is 10.3. The van der Waals surface area contributed by atoms with E-state index in [1.165, 1.54) is 12.1 Å². The number of hydrogen-bond donors (Lipinski definition) is 3. The predicted molar refractivity (Wildman–Crippen MR) is 38.8 cm³/mol. The summed E-state index contributed by atoms with van der Waals surface area (Å²) in [7, 11) is -2.17. The lowest BCUT2D eigenvalue weighted by molar-refractivity contribution is 0.278. The highest BCUT2D eigenvalue weighted by atomic mass is 19.2. The summed E-state index contributed by atoms with van der Waals surface area (Å²) in [5.74, 6) is -1.60. The summed E-state index contributed by atoms with van der Waals surface area (Å²) >= 11 is 0. The first-order valence-corrected chi connectivity index (χ1v) is 2.98. The van der Waals surface area contributed by atoms with Gasteiger partial charge in [-0.25, -0.2) is 8.78 Å². The largest absolute Gasteiger partial charge is 0.631 e. The monoisotopic (exact) mass is 176 g/mol. The molecule has 1 rings (SSSR count). The van der Waals surface area contributed by atoms with E-state index in [1.807, 2.05) is 0 Å². The molecule has 0 aliphatic carbocycles. The Labute approximate surface area is 68.1 Å². The van der Waals surface area contributed by atoms with Crippen molar-refractivity contribution in [3.05, 3.63) is 35.9 Å². The molecule has 3 N–H and O–H groups in total. The molecule has 0 heterocycles. The highest BCUT2D eigenvalue weighted by Gasteiger charge is 1.93. The Bertz CT molecular complexity index is 208. The molecule has 1 aromatic carbocycles. The van der Waals surface area contributed by atoms with E-state index in [0.717, 1.165) is 12.1 Å². The van der Waals surface area contributed by atoms with E-state index in [-0.39, 0.29) is 0 Å². The lowest BCUT2D eigenvalue weighted by Gasteiger charge is -1.85. The molecule has 0 bridgehead atoms. The van der Waals surface area contributed by atoms with Crippen LogP contribution >= 0.6 is 0 Å². The minimum atomic E-state index is -2.17. The van der Waals surface area contributed by atoms with Crippen LogP contribution in [0.25, 0.3) is 0 Å². The Morgan fingerprint density at radius 2 is 1.17 bits per heavy atom. The first-order valence-electron chi connectivity index (χ1n) is 2.98. The van der Waals surface area contributed by atoms with Crippen LogP contribution in [0.5, 0.6) is 0 Å². The van der Waals surface area contributed by atoms with Gasteiger partial charge in [-0.3, -0.25) is 0 Å². The second kappa shape index (κ2) is 5.65. The summed E-state index contributed by atoms with van der Waals surface area (Å²) in [6.07, 6.45) is 0. The molecule has 66 valence electrons. The van der Waals surface area contributed by atoms with Crippen molar-refractivity contribution in [1.82, 2.24) is 0 Å². The quantitative estimate of drug-likeness (QED) is 0.484. The van der Waals surface area contributed by atoms with Crippen LogP contribution < -0.4 is 0 Å². The molecule has 6 heteroatoms. The minimum absolute atomic E-state index is 0.799. The van der Waals surface area contributed by atoms with Crippen molar-refractivity contribution in [2.24, 2.45) is 0 Å². The van der Waals surface area contributed by atoms with Crippen molar-refractivity contribution in [2.45, 2.75) is 0 Å². The molecule has 0 amide bonds. The van der Waals surface area contributed by atoms with Crippen LogP contribution in [-0.2, 0) is 0 Å². The summed E-state index contributed by atoms with van der Waals surface area (Å²) in [6, 6.07) is 5.04. The van der Waals surface area contributed by atoms with Crippen LogP contribution in [0, 0.1) is 11.6 Å². The van der Waals surface area contributed by atoms with Gasteiger partial charge in [0.05, 0.1) is 0 Å². The van der Waals surface area contributed by atoms with Gasteiger partial charge in [0, 0.05) is 0 Å². The fourth-order valence-corrected chi connectivity index (χ4v) is 0.439. The molecule has 0 aliphatic rings. The van der Waals surface area contributed by atoms with Gasteiger partial charge in [-0.05, 0) is 12.1 Å². The van der Waals surface area contributed by atoms with E-state index < -0.39 is 19.0 Å². The van der Waals surface area contributed by atoms with Crippen molar-refractivity contribution in [2.75, 3.05) is 0 Å². The molecule has 0 aromatic heterocycles. The molecule has 0 atom stereocenters. The van der Waals surface area contributed by atoms with Gasteiger partial charge in [0.2, 0.25) is 0 Å². The molecular weight excluding hydrogens is 169 g/mol. The van der Waals surface area contributed by atoms with Crippen LogP contribution in [0.4, 0.5) is 8.78 Å². The Balaban J connectivity index is 0.000000261. The highest BCUT2D eigenvalue weighted by Crippen LogP contribution is 2.01. The molecule has 3 nitrogen and oxygen atoms in total. The Morgan fingerprint density at radius 1 is 0.917 bits per heavy atom. The van der Waals surface area contributed by atoms with E-state index in [4.69, 9.17) is 15.1 Å². The third-order valence-corrected chi connectivity index (χ3v) is 0.824. The maximum absolute atomic E-state index is 11.9. The molecule has 0 aliphatic heterocycles. The van der Waals surface area contributed by atoms with Crippen molar-refractivity contribution in [3.8, 4) is 0 Å². The summed E-state index contributed by atoms with van der Waals surface area (Å²) in [4.78, 5) is 0. The number of hydrogen-bond acceptors (Lipinski definition) is 3. The molecule has 0 saturated carbocycles. The Hall–Kier alpha value is -0.975. The fraction of sp³-hybridized carbons (Fsp3) is 0. The van der Waals surface area contributed by atoms with Gasteiger partial charge in [-0.15, -0.1) is 0 Å². The van der Waals surface area contributed by atoms with E-state index in [2.05, 4.69) is 0 Å². The second-order valence-electron chi connectivity index (χ2n) is 1.76. The van der Waals surface area contributed by atoms with E-state index in [9.17, 15) is 8.78 Å². The topological polar surface area (TPSA) is 60.7 Å². The summed E-state index contributed by atoms with van der Waals surface area (Å²) < 4.78 is 23.9. The fourth-order valence-electron chi connectivity index (χ4n) is 0.439. The molecule has 0 fully saturated rings. The van der Waals surface area contributed by atoms with Gasteiger partial charge < -0.3 is 15.1 Å². The van der Waals surface area contributed by atoms with Gasteiger partial charge in [-0.1, -0.05) is 12.1 Å². The molecule has 0 radical (unpaired) electrons. The first kappa shape index (κ1) is 11.0. The minimum Gasteiger partial charge on any atom is -0.402 e. The van der Waals surface area contributed by atoms with Gasteiger partial charge in [0.1, 0.15) is 0 Å². The van der Waals surface area contributed by atoms with Gasteiger partial charge in [0.25, 0.3) is 0 Å².